The quantitative estimate of drug-likeness (QED) is 0.504. The van der Waals surface area contributed by atoms with Crippen molar-refractivity contribution < 1.29 is 19.1 Å². The molecule has 0 aromatic carbocycles. The number of fused-ring (bicyclic) bond motifs is 1. The van der Waals surface area contributed by atoms with Gasteiger partial charge in [0.25, 0.3) is 0 Å². The van der Waals surface area contributed by atoms with Crippen LogP contribution in [0, 0.1) is 0 Å². The molecule has 0 fully saturated rings. The Kier molecular flexibility index (Phi) is 5.77. The van der Waals surface area contributed by atoms with E-state index in [1.54, 1.807) is 60.1 Å². The lowest BCUT2D eigenvalue weighted by atomic mass is 10.2. The molecule has 0 unspecified atom stereocenters. The number of imidazole rings is 1. The summed E-state index contributed by atoms with van der Waals surface area (Å²) in [7, 11) is 0. The van der Waals surface area contributed by atoms with E-state index in [2.05, 4.69) is 15.0 Å². The fourth-order valence-electron chi connectivity index (χ4n) is 3.07. The third-order valence-electron chi connectivity index (χ3n) is 4.19. The van der Waals surface area contributed by atoms with Gasteiger partial charge in [-0.05, 0) is 59.6 Å². The number of ether oxygens (including phenoxy) is 2. The highest BCUT2D eigenvalue weighted by Crippen LogP contribution is 2.31. The van der Waals surface area contributed by atoms with Crippen molar-refractivity contribution in [1.29, 1.82) is 0 Å². The van der Waals surface area contributed by atoms with Crippen LogP contribution in [-0.4, -0.2) is 53.8 Å². The van der Waals surface area contributed by atoms with Crippen molar-refractivity contribution in [3.05, 3.63) is 30.0 Å². The molecule has 10 heteroatoms. The van der Waals surface area contributed by atoms with Crippen LogP contribution in [0.5, 0.6) is 0 Å². The van der Waals surface area contributed by atoms with Crippen LogP contribution in [0.3, 0.4) is 0 Å². The minimum atomic E-state index is -0.757. The van der Waals surface area contributed by atoms with Crippen LogP contribution >= 0.6 is 11.6 Å². The molecule has 2 aromatic heterocycles. The number of imide groups is 1. The van der Waals surface area contributed by atoms with E-state index in [0.29, 0.717) is 17.6 Å². The van der Waals surface area contributed by atoms with Gasteiger partial charge in [-0.1, -0.05) is 12.2 Å². The van der Waals surface area contributed by atoms with Gasteiger partial charge in [0.2, 0.25) is 5.28 Å². The molecular formula is C20H26ClN5O4. The van der Waals surface area contributed by atoms with Crippen molar-refractivity contribution in [2.45, 2.75) is 71.2 Å². The summed E-state index contributed by atoms with van der Waals surface area (Å²) in [6, 6.07) is -0.729. The molecular weight excluding hydrogens is 410 g/mol. The van der Waals surface area contributed by atoms with Crippen LogP contribution in [0.15, 0.2) is 24.7 Å². The molecule has 2 atom stereocenters. The minimum absolute atomic E-state index is 0.118. The van der Waals surface area contributed by atoms with Gasteiger partial charge in [-0.3, -0.25) is 0 Å². The van der Waals surface area contributed by atoms with Gasteiger partial charge in [-0.15, -0.1) is 0 Å². The lowest BCUT2D eigenvalue weighted by Crippen LogP contribution is -2.48. The first-order chi connectivity index (χ1) is 13.8. The lowest BCUT2D eigenvalue weighted by molar-refractivity contribution is -0.00401. The van der Waals surface area contributed by atoms with E-state index in [4.69, 9.17) is 21.1 Å². The Morgan fingerprint density at radius 2 is 1.67 bits per heavy atom. The van der Waals surface area contributed by atoms with E-state index in [9.17, 15) is 9.59 Å². The molecule has 1 aliphatic rings. The van der Waals surface area contributed by atoms with Crippen molar-refractivity contribution in [2.24, 2.45) is 0 Å². The monoisotopic (exact) mass is 435 g/mol. The molecule has 1 aliphatic carbocycles. The lowest BCUT2D eigenvalue weighted by Gasteiger charge is -2.31. The molecule has 0 saturated heterocycles. The van der Waals surface area contributed by atoms with Crippen molar-refractivity contribution in [3.8, 4) is 0 Å². The molecule has 2 amide bonds. The maximum Gasteiger partial charge on any atom is 0.420 e. The number of carbonyl (C=O) groups is 2. The van der Waals surface area contributed by atoms with Gasteiger partial charge >= 0.3 is 12.2 Å². The largest absolute Gasteiger partial charge is 0.443 e. The molecule has 30 heavy (non-hydrogen) atoms. The number of hydrogen-bond donors (Lipinski definition) is 0. The second-order valence-corrected chi connectivity index (χ2v) is 9.42. The number of hydrogen-bond acceptors (Lipinski definition) is 7. The Hall–Kier alpha value is -2.68. The summed E-state index contributed by atoms with van der Waals surface area (Å²) in [5.74, 6) is 0. The Balaban J connectivity index is 1.86. The van der Waals surface area contributed by atoms with Crippen molar-refractivity contribution in [2.75, 3.05) is 0 Å². The minimum Gasteiger partial charge on any atom is -0.443 e. The summed E-state index contributed by atoms with van der Waals surface area (Å²) >= 11 is 5.93. The van der Waals surface area contributed by atoms with E-state index >= 15 is 0 Å². The van der Waals surface area contributed by atoms with Crippen LogP contribution in [-0.2, 0) is 9.47 Å². The SMILES string of the molecule is CC(C)(C)OC(=O)N(C(=O)OC(C)(C)C)[C@@H]1C=C[C@H](n2cnc3cnc(Cl)nc32)C1. The fourth-order valence-corrected chi connectivity index (χ4v) is 3.20. The molecule has 9 nitrogen and oxygen atoms in total. The Bertz CT molecular complexity index is 961. The smallest absolute Gasteiger partial charge is 0.420 e. The molecule has 0 spiro atoms. The first-order valence-corrected chi connectivity index (χ1v) is 10.0. The zero-order valence-corrected chi connectivity index (χ0v) is 18.7. The van der Waals surface area contributed by atoms with E-state index in [-0.39, 0.29) is 11.3 Å². The number of allylic oxidation sites excluding steroid dienone is 1. The predicted octanol–water partition coefficient (Wildman–Crippen LogP) is 4.52. The van der Waals surface area contributed by atoms with Gasteiger partial charge in [-0.2, -0.15) is 4.98 Å². The molecule has 0 aliphatic heterocycles. The van der Waals surface area contributed by atoms with Crippen LogP contribution in [0.1, 0.15) is 54.0 Å². The summed E-state index contributed by atoms with van der Waals surface area (Å²) in [5, 5.41) is 0.118. The molecule has 0 saturated carbocycles. The Morgan fingerprint density at radius 3 is 2.23 bits per heavy atom. The number of amides is 2. The van der Waals surface area contributed by atoms with Gasteiger partial charge in [0, 0.05) is 0 Å². The second kappa shape index (κ2) is 7.86. The standard InChI is InChI=1S/C20H26ClN5O4/c1-19(2,3)29-17(27)26(18(28)30-20(4,5)6)13-8-7-12(9-13)25-11-23-14-10-22-16(21)24-15(14)25/h7-8,10-13H,9H2,1-6H3/t12-,13+/m0/s1. The number of nitrogens with zero attached hydrogens (tertiary/aromatic N) is 5. The molecule has 0 N–H and O–H groups in total. The van der Waals surface area contributed by atoms with Crippen LogP contribution in [0.25, 0.3) is 11.2 Å². The van der Waals surface area contributed by atoms with E-state index in [1.165, 1.54) is 0 Å². The summed E-state index contributed by atoms with van der Waals surface area (Å²) in [4.78, 5) is 39.2. The van der Waals surface area contributed by atoms with E-state index in [1.807, 2.05) is 10.6 Å². The molecule has 0 bridgehead atoms. The molecule has 2 aromatic rings. The molecule has 162 valence electrons. The summed E-state index contributed by atoms with van der Waals surface area (Å²) < 4.78 is 12.7. The van der Waals surface area contributed by atoms with Crippen molar-refractivity contribution in [3.63, 3.8) is 0 Å². The van der Waals surface area contributed by atoms with Crippen molar-refractivity contribution in [1.82, 2.24) is 24.4 Å². The Labute approximate surface area is 180 Å². The van der Waals surface area contributed by atoms with Gasteiger partial charge in [0.15, 0.2) is 5.65 Å². The highest BCUT2D eigenvalue weighted by atomic mass is 35.5. The Morgan fingerprint density at radius 1 is 1.07 bits per heavy atom. The van der Waals surface area contributed by atoms with Crippen LogP contribution < -0.4 is 0 Å². The number of halogens is 1. The molecule has 3 rings (SSSR count). The third kappa shape index (κ3) is 5.08. The molecule has 2 heterocycles. The normalized spacial score (nSPS) is 19.2. The first kappa shape index (κ1) is 22.0. The van der Waals surface area contributed by atoms with Crippen LogP contribution in [0.4, 0.5) is 9.59 Å². The highest BCUT2D eigenvalue weighted by Gasteiger charge is 2.38. The highest BCUT2D eigenvalue weighted by molar-refractivity contribution is 6.28. The van der Waals surface area contributed by atoms with Crippen molar-refractivity contribution >= 4 is 35.0 Å². The maximum atomic E-state index is 12.8. The predicted molar refractivity (Wildman–Crippen MR) is 111 cm³/mol. The zero-order valence-electron chi connectivity index (χ0n) is 17.9. The second-order valence-electron chi connectivity index (χ2n) is 9.09. The van der Waals surface area contributed by atoms with E-state index in [0.717, 1.165) is 4.90 Å². The summed E-state index contributed by atoms with van der Waals surface area (Å²) in [5.41, 5.74) is -0.334. The maximum absolute atomic E-state index is 12.8. The van der Waals surface area contributed by atoms with Crippen LogP contribution in [0.2, 0.25) is 5.28 Å². The summed E-state index contributed by atoms with van der Waals surface area (Å²) in [6.07, 6.45) is 5.77. The number of carbonyl (C=O) groups excluding carboxylic acids is 2. The number of rotatable bonds is 2. The zero-order chi connectivity index (χ0) is 22.3. The fraction of sp³-hybridized carbons (Fsp3) is 0.550. The van der Waals surface area contributed by atoms with Gasteiger partial charge in [-0.25, -0.2) is 24.5 Å². The average Bonchev–Trinajstić information content (AvgIpc) is 3.17. The van der Waals surface area contributed by atoms with E-state index < -0.39 is 29.4 Å². The van der Waals surface area contributed by atoms with Gasteiger partial charge in [0.05, 0.1) is 24.6 Å². The third-order valence-corrected chi connectivity index (χ3v) is 4.38. The van der Waals surface area contributed by atoms with Gasteiger partial charge in [0.1, 0.15) is 16.7 Å². The van der Waals surface area contributed by atoms with Gasteiger partial charge < -0.3 is 14.0 Å². The summed E-state index contributed by atoms with van der Waals surface area (Å²) in [6.45, 7) is 10.5. The topological polar surface area (TPSA) is 99.4 Å². The first-order valence-electron chi connectivity index (χ1n) is 9.63. The average molecular weight is 436 g/mol. The molecule has 0 radical (unpaired) electrons. The number of aromatic nitrogens is 4.